The van der Waals surface area contributed by atoms with E-state index >= 15 is 0 Å². The van der Waals surface area contributed by atoms with Crippen molar-refractivity contribution < 1.29 is 9.59 Å². The van der Waals surface area contributed by atoms with Crippen LogP contribution in [0.25, 0.3) is 0 Å². The number of benzene rings is 2. The summed E-state index contributed by atoms with van der Waals surface area (Å²) in [6.45, 7) is 6.79. The highest BCUT2D eigenvalue weighted by Gasteiger charge is 2.13. The molecule has 4 nitrogen and oxygen atoms in total. The van der Waals surface area contributed by atoms with Gasteiger partial charge in [0.25, 0.3) is 11.8 Å². The number of amides is 2. The van der Waals surface area contributed by atoms with Gasteiger partial charge in [0.15, 0.2) is 0 Å². The number of para-hydroxylation sites is 1. The van der Waals surface area contributed by atoms with Gasteiger partial charge in [-0.15, -0.1) is 0 Å². The van der Waals surface area contributed by atoms with Crippen molar-refractivity contribution in [2.24, 2.45) is 0 Å². The van der Waals surface area contributed by atoms with Crippen LogP contribution in [0, 0.1) is 0 Å². The molecule has 0 aromatic heterocycles. The molecule has 0 saturated heterocycles. The molecule has 24 heavy (non-hydrogen) atoms. The van der Waals surface area contributed by atoms with E-state index in [2.05, 4.69) is 24.5 Å². The maximum atomic E-state index is 12.5. The minimum atomic E-state index is -0.215. The molecule has 0 spiro atoms. The Hall–Kier alpha value is -2.62. The second kappa shape index (κ2) is 8.29. The van der Waals surface area contributed by atoms with Gasteiger partial charge in [-0.3, -0.25) is 9.59 Å². The molecule has 2 aromatic carbocycles. The summed E-state index contributed by atoms with van der Waals surface area (Å²) in [4.78, 5) is 24.6. The Morgan fingerprint density at radius 1 is 0.958 bits per heavy atom. The predicted molar refractivity (Wildman–Crippen MR) is 97.6 cm³/mol. The zero-order valence-corrected chi connectivity index (χ0v) is 14.4. The molecule has 0 saturated carbocycles. The standard InChI is InChI=1S/C20H24N2O2/c1-4-12-21-19(23)15-8-7-9-16(13-15)20(24)22-18-11-6-5-10-17(18)14(2)3/h5-11,13-14H,4,12H2,1-3H3,(H,21,23)(H,22,24). The highest BCUT2D eigenvalue weighted by atomic mass is 16.2. The fourth-order valence-electron chi connectivity index (χ4n) is 2.45. The normalized spacial score (nSPS) is 10.5. The summed E-state index contributed by atoms with van der Waals surface area (Å²) >= 11 is 0. The first-order chi connectivity index (χ1) is 11.5. The Kier molecular flexibility index (Phi) is 6.13. The lowest BCUT2D eigenvalue weighted by molar-refractivity contribution is 0.0953. The second-order valence-electron chi connectivity index (χ2n) is 6.03. The van der Waals surface area contributed by atoms with E-state index in [9.17, 15) is 9.59 Å². The number of anilines is 1. The first kappa shape index (κ1) is 17.7. The van der Waals surface area contributed by atoms with Crippen LogP contribution in [0.3, 0.4) is 0 Å². The van der Waals surface area contributed by atoms with Gasteiger partial charge in [-0.25, -0.2) is 0 Å². The Bertz CT molecular complexity index is 723. The molecule has 0 aliphatic heterocycles. The lowest BCUT2D eigenvalue weighted by Crippen LogP contribution is -2.24. The van der Waals surface area contributed by atoms with E-state index in [1.165, 1.54) is 0 Å². The molecule has 0 aliphatic rings. The number of rotatable bonds is 6. The van der Waals surface area contributed by atoms with Gasteiger partial charge in [0.1, 0.15) is 0 Å². The first-order valence-corrected chi connectivity index (χ1v) is 8.31. The van der Waals surface area contributed by atoms with Gasteiger partial charge in [-0.05, 0) is 42.2 Å². The van der Waals surface area contributed by atoms with Crippen LogP contribution in [-0.4, -0.2) is 18.4 Å². The summed E-state index contributed by atoms with van der Waals surface area (Å²) in [5.74, 6) is -0.0602. The third-order valence-electron chi connectivity index (χ3n) is 3.75. The van der Waals surface area contributed by atoms with Crippen molar-refractivity contribution in [3.63, 3.8) is 0 Å². The molecular formula is C20H24N2O2. The number of carbonyl (C=O) groups is 2. The van der Waals surface area contributed by atoms with E-state index in [4.69, 9.17) is 0 Å². The Morgan fingerprint density at radius 3 is 2.29 bits per heavy atom. The molecule has 0 unspecified atom stereocenters. The Labute approximate surface area is 143 Å². The third kappa shape index (κ3) is 4.44. The van der Waals surface area contributed by atoms with E-state index in [0.29, 0.717) is 23.6 Å². The number of hydrogen-bond acceptors (Lipinski definition) is 2. The molecule has 2 N–H and O–H groups in total. The van der Waals surface area contributed by atoms with Crippen LogP contribution in [-0.2, 0) is 0 Å². The van der Waals surface area contributed by atoms with Crippen LogP contribution in [0.5, 0.6) is 0 Å². The van der Waals surface area contributed by atoms with Crippen LogP contribution in [0.15, 0.2) is 48.5 Å². The predicted octanol–water partition coefficient (Wildman–Crippen LogP) is 4.20. The van der Waals surface area contributed by atoms with E-state index < -0.39 is 0 Å². The topological polar surface area (TPSA) is 58.2 Å². The van der Waals surface area contributed by atoms with Crippen molar-refractivity contribution in [3.05, 3.63) is 65.2 Å². The van der Waals surface area contributed by atoms with E-state index in [1.54, 1.807) is 24.3 Å². The Morgan fingerprint density at radius 2 is 1.62 bits per heavy atom. The maximum Gasteiger partial charge on any atom is 0.255 e. The molecule has 0 bridgehead atoms. The van der Waals surface area contributed by atoms with Gasteiger partial charge in [0.2, 0.25) is 0 Å². The molecule has 0 atom stereocenters. The smallest absolute Gasteiger partial charge is 0.255 e. The maximum absolute atomic E-state index is 12.5. The van der Waals surface area contributed by atoms with E-state index in [0.717, 1.165) is 17.7 Å². The highest BCUT2D eigenvalue weighted by Crippen LogP contribution is 2.24. The number of carbonyl (C=O) groups excluding carboxylic acids is 2. The molecule has 2 aromatic rings. The van der Waals surface area contributed by atoms with Crippen LogP contribution < -0.4 is 10.6 Å². The van der Waals surface area contributed by atoms with Crippen LogP contribution in [0.1, 0.15) is 59.4 Å². The van der Waals surface area contributed by atoms with Crippen LogP contribution in [0.2, 0.25) is 0 Å². The van der Waals surface area contributed by atoms with E-state index in [-0.39, 0.29) is 11.8 Å². The molecule has 2 amide bonds. The van der Waals surface area contributed by atoms with Crippen molar-refractivity contribution in [1.82, 2.24) is 5.32 Å². The lowest BCUT2D eigenvalue weighted by atomic mass is 10.0. The fraction of sp³-hybridized carbons (Fsp3) is 0.300. The monoisotopic (exact) mass is 324 g/mol. The molecule has 0 radical (unpaired) electrons. The Balaban J connectivity index is 2.18. The first-order valence-electron chi connectivity index (χ1n) is 8.31. The molecule has 0 fully saturated rings. The number of hydrogen-bond donors (Lipinski definition) is 2. The average molecular weight is 324 g/mol. The van der Waals surface area contributed by atoms with Crippen LogP contribution in [0.4, 0.5) is 5.69 Å². The van der Waals surface area contributed by atoms with Crippen molar-refractivity contribution in [1.29, 1.82) is 0 Å². The van der Waals surface area contributed by atoms with Crippen molar-refractivity contribution in [3.8, 4) is 0 Å². The largest absolute Gasteiger partial charge is 0.352 e. The molecule has 0 aliphatic carbocycles. The van der Waals surface area contributed by atoms with Gasteiger partial charge >= 0.3 is 0 Å². The fourth-order valence-corrected chi connectivity index (χ4v) is 2.45. The van der Waals surface area contributed by atoms with Crippen molar-refractivity contribution in [2.45, 2.75) is 33.1 Å². The summed E-state index contributed by atoms with van der Waals surface area (Å²) < 4.78 is 0. The van der Waals surface area contributed by atoms with Gasteiger partial charge in [-0.1, -0.05) is 45.0 Å². The quantitative estimate of drug-likeness (QED) is 0.836. The van der Waals surface area contributed by atoms with Gasteiger partial charge in [-0.2, -0.15) is 0 Å². The van der Waals surface area contributed by atoms with Crippen LogP contribution >= 0.6 is 0 Å². The number of nitrogens with one attached hydrogen (secondary N) is 2. The molecule has 2 rings (SSSR count). The van der Waals surface area contributed by atoms with Gasteiger partial charge in [0, 0.05) is 23.4 Å². The summed E-state index contributed by atoms with van der Waals surface area (Å²) in [6.07, 6.45) is 0.873. The zero-order valence-electron chi connectivity index (χ0n) is 14.4. The minimum Gasteiger partial charge on any atom is -0.352 e. The van der Waals surface area contributed by atoms with Gasteiger partial charge in [0.05, 0.1) is 0 Å². The molecule has 0 heterocycles. The summed E-state index contributed by atoms with van der Waals surface area (Å²) in [6, 6.07) is 14.5. The van der Waals surface area contributed by atoms with E-state index in [1.807, 2.05) is 31.2 Å². The third-order valence-corrected chi connectivity index (χ3v) is 3.75. The molecule has 126 valence electrons. The summed E-state index contributed by atoms with van der Waals surface area (Å²) in [5.41, 5.74) is 2.85. The van der Waals surface area contributed by atoms with Crippen molar-refractivity contribution >= 4 is 17.5 Å². The minimum absolute atomic E-state index is 0.158. The lowest BCUT2D eigenvalue weighted by Gasteiger charge is -2.14. The average Bonchev–Trinajstić information content (AvgIpc) is 2.60. The molecule has 4 heteroatoms. The summed E-state index contributed by atoms with van der Waals surface area (Å²) in [5, 5.41) is 5.76. The SMILES string of the molecule is CCCNC(=O)c1cccc(C(=O)Nc2ccccc2C(C)C)c1. The van der Waals surface area contributed by atoms with Crippen molar-refractivity contribution in [2.75, 3.05) is 11.9 Å². The molecular weight excluding hydrogens is 300 g/mol. The van der Waals surface area contributed by atoms with Gasteiger partial charge < -0.3 is 10.6 Å². The second-order valence-corrected chi connectivity index (χ2v) is 6.03. The summed E-state index contributed by atoms with van der Waals surface area (Å²) in [7, 11) is 0. The highest BCUT2D eigenvalue weighted by molar-refractivity contribution is 6.06. The zero-order chi connectivity index (χ0) is 17.5.